The first-order valence-electron chi connectivity index (χ1n) is 4.07. The molecule has 0 saturated heterocycles. The van der Waals surface area contributed by atoms with Crippen LogP contribution in [0.5, 0.6) is 5.75 Å². The second-order valence-electron chi connectivity index (χ2n) is 3.01. The Morgan fingerprint density at radius 3 is 2.85 bits per heavy atom. The second-order valence-corrected chi connectivity index (χ2v) is 3.01. The maximum absolute atomic E-state index is 9.25. The highest BCUT2D eigenvalue weighted by Gasteiger charge is 2.06. The summed E-state index contributed by atoms with van der Waals surface area (Å²) in [5, 5.41) is 17.7. The molecular formula is C10H12N2O. The van der Waals surface area contributed by atoms with E-state index >= 15 is 0 Å². The summed E-state index contributed by atoms with van der Waals surface area (Å²) in [7, 11) is 0. The Kier molecular flexibility index (Phi) is 2.88. The Labute approximate surface area is 77.4 Å². The van der Waals surface area contributed by atoms with Crippen LogP contribution >= 0.6 is 0 Å². The molecule has 0 heterocycles. The Morgan fingerprint density at radius 2 is 2.31 bits per heavy atom. The Balaban J connectivity index is 2.91. The summed E-state index contributed by atoms with van der Waals surface area (Å²) < 4.78 is 0. The Bertz CT molecular complexity index is 341. The van der Waals surface area contributed by atoms with E-state index in [-0.39, 0.29) is 11.8 Å². The van der Waals surface area contributed by atoms with Crippen LogP contribution in [0.4, 0.5) is 0 Å². The lowest BCUT2D eigenvalue weighted by atomic mass is 10.0. The summed E-state index contributed by atoms with van der Waals surface area (Å²) in [6.07, 6.45) is 0.296. The lowest BCUT2D eigenvalue weighted by Crippen LogP contribution is -2.09. The van der Waals surface area contributed by atoms with Gasteiger partial charge in [0.15, 0.2) is 0 Å². The molecule has 3 heteroatoms. The van der Waals surface area contributed by atoms with Gasteiger partial charge >= 0.3 is 0 Å². The highest BCUT2D eigenvalue weighted by molar-refractivity contribution is 5.36. The van der Waals surface area contributed by atoms with Crippen molar-refractivity contribution in [3.8, 4) is 11.8 Å². The largest absolute Gasteiger partial charge is 0.508 e. The van der Waals surface area contributed by atoms with Crippen molar-refractivity contribution in [3.63, 3.8) is 0 Å². The van der Waals surface area contributed by atoms with Gasteiger partial charge in [0.25, 0.3) is 0 Å². The van der Waals surface area contributed by atoms with E-state index in [1.807, 2.05) is 6.07 Å². The molecule has 0 aromatic heterocycles. The van der Waals surface area contributed by atoms with Gasteiger partial charge in [0, 0.05) is 6.04 Å². The number of phenolic OH excluding ortho intramolecular Hbond substituents is 1. The number of hydrogen-bond donors (Lipinski definition) is 2. The zero-order valence-electron chi connectivity index (χ0n) is 7.49. The minimum Gasteiger partial charge on any atom is -0.508 e. The molecule has 0 bridgehead atoms. The number of rotatable bonds is 2. The smallest absolute Gasteiger partial charge is 0.118 e. The van der Waals surface area contributed by atoms with Crippen molar-refractivity contribution in [2.24, 2.45) is 5.73 Å². The van der Waals surface area contributed by atoms with Crippen molar-refractivity contribution in [1.29, 1.82) is 5.26 Å². The molecule has 0 aliphatic heterocycles. The van der Waals surface area contributed by atoms with Crippen LogP contribution < -0.4 is 5.73 Å². The van der Waals surface area contributed by atoms with Crippen LogP contribution in [0.2, 0.25) is 0 Å². The van der Waals surface area contributed by atoms with Crippen LogP contribution in [-0.2, 0) is 0 Å². The number of benzene rings is 1. The molecule has 1 atom stereocenters. The first-order chi connectivity index (χ1) is 6.15. The molecule has 0 aliphatic carbocycles. The normalized spacial score (nSPS) is 12.1. The summed E-state index contributed by atoms with van der Waals surface area (Å²) in [6, 6.07) is 6.90. The van der Waals surface area contributed by atoms with Gasteiger partial charge in [-0.05, 0) is 24.1 Å². The molecule has 0 unspecified atom stereocenters. The molecule has 0 radical (unpaired) electrons. The lowest BCUT2D eigenvalue weighted by molar-refractivity contribution is 0.470. The molecule has 0 saturated carbocycles. The second kappa shape index (κ2) is 3.92. The van der Waals surface area contributed by atoms with Crippen molar-refractivity contribution < 1.29 is 5.11 Å². The monoisotopic (exact) mass is 176 g/mol. The summed E-state index contributed by atoms with van der Waals surface area (Å²) in [5.74, 6) is 0.257. The van der Waals surface area contributed by atoms with E-state index in [9.17, 15) is 5.11 Å². The maximum Gasteiger partial charge on any atom is 0.118 e. The molecule has 1 rings (SSSR count). The van der Waals surface area contributed by atoms with Gasteiger partial charge < -0.3 is 10.8 Å². The molecule has 3 nitrogen and oxygen atoms in total. The summed E-state index contributed by atoms with van der Waals surface area (Å²) in [4.78, 5) is 0. The van der Waals surface area contributed by atoms with Crippen LogP contribution in [0.1, 0.15) is 23.6 Å². The molecule has 3 N–H and O–H groups in total. The average molecular weight is 176 g/mol. The van der Waals surface area contributed by atoms with Crippen molar-refractivity contribution in [2.45, 2.75) is 19.4 Å². The number of aryl methyl sites for hydroxylation is 1. The fourth-order valence-electron chi connectivity index (χ4n) is 1.13. The lowest BCUT2D eigenvalue weighted by Gasteiger charge is -2.09. The van der Waals surface area contributed by atoms with E-state index in [0.717, 1.165) is 11.1 Å². The minimum absolute atomic E-state index is 0.257. The highest BCUT2D eigenvalue weighted by atomic mass is 16.3. The zero-order chi connectivity index (χ0) is 9.84. The molecule has 0 fully saturated rings. The molecule has 0 spiro atoms. The van der Waals surface area contributed by atoms with Crippen LogP contribution in [0.15, 0.2) is 18.2 Å². The molecule has 1 aromatic rings. The topological polar surface area (TPSA) is 70.0 Å². The van der Waals surface area contributed by atoms with E-state index in [1.165, 1.54) is 0 Å². The minimum atomic E-state index is -0.260. The third-order valence-corrected chi connectivity index (χ3v) is 1.96. The first-order valence-corrected chi connectivity index (χ1v) is 4.07. The molecule has 0 aliphatic rings. The van der Waals surface area contributed by atoms with E-state index < -0.39 is 0 Å². The van der Waals surface area contributed by atoms with Crippen molar-refractivity contribution in [3.05, 3.63) is 29.3 Å². The first kappa shape index (κ1) is 9.56. The number of nitrogens with two attached hydrogens (primary N) is 1. The standard InChI is InChI=1S/C10H12N2O/c1-7-6-8(2-3-10(7)13)9(12)4-5-11/h2-3,6,9,13H,4,12H2,1H3/t9-/m0/s1. The Hall–Kier alpha value is -1.53. The predicted molar refractivity (Wildman–Crippen MR) is 50.0 cm³/mol. The maximum atomic E-state index is 9.25. The van der Waals surface area contributed by atoms with Crippen molar-refractivity contribution >= 4 is 0 Å². The molecule has 1 aromatic carbocycles. The number of nitrogens with zero attached hydrogens (tertiary/aromatic N) is 1. The van der Waals surface area contributed by atoms with E-state index in [0.29, 0.717) is 6.42 Å². The summed E-state index contributed by atoms with van der Waals surface area (Å²) >= 11 is 0. The van der Waals surface area contributed by atoms with Crippen LogP contribution in [0, 0.1) is 18.3 Å². The fraction of sp³-hybridized carbons (Fsp3) is 0.300. The predicted octanol–water partition coefficient (Wildman–Crippen LogP) is 1.61. The molecule has 68 valence electrons. The number of nitriles is 1. The number of hydrogen-bond acceptors (Lipinski definition) is 3. The third kappa shape index (κ3) is 2.20. The van der Waals surface area contributed by atoms with Gasteiger partial charge in [0.1, 0.15) is 5.75 Å². The van der Waals surface area contributed by atoms with Gasteiger partial charge in [-0.25, -0.2) is 0 Å². The van der Waals surface area contributed by atoms with Gasteiger partial charge in [-0.1, -0.05) is 12.1 Å². The Morgan fingerprint density at radius 1 is 1.62 bits per heavy atom. The zero-order valence-corrected chi connectivity index (χ0v) is 7.49. The van der Waals surface area contributed by atoms with E-state index in [2.05, 4.69) is 0 Å². The fourth-order valence-corrected chi connectivity index (χ4v) is 1.13. The van der Waals surface area contributed by atoms with Crippen LogP contribution in [0.25, 0.3) is 0 Å². The van der Waals surface area contributed by atoms with Crippen molar-refractivity contribution in [2.75, 3.05) is 0 Å². The SMILES string of the molecule is Cc1cc([C@@H](N)CC#N)ccc1O. The van der Waals surface area contributed by atoms with Crippen molar-refractivity contribution in [1.82, 2.24) is 0 Å². The van der Waals surface area contributed by atoms with Crippen LogP contribution in [0.3, 0.4) is 0 Å². The molecule has 0 amide bonds. The van der Waals surface area contributed by atoms with Gasteiger partial charge in [-0.2, -0.15) is 5.26 Å². The van der Waals surface area contributed by atoms with E-state index in [4.69, 9.17) is 11.0 Å². The quantitative estimate of drug-likeness (QED) is 0.719. The number of aromatic hydroxyl groups is 1. The van der Waals surface area contributed by atoms with Gasteiger partial charge in [-0.15, -0.1) is 0 Å². The summed E-state index contributed by atoms with van der Waals surface area (Å²) in [5.41, 5.74) is 7.39. The number of phenols is 1. The van der Waals surface area contributed by atoms with Gasteiger partial charge in [0.2, 0.25) is 0 Å². The van der Waals surface area contributed by atoms with E-state index in [1.54, 1.807) is 25.1 Å². The van der Waals surface area contributed by atoms with Gasteiger partial charge in [-0.3, -0.25) is 0 Å². The molecule has 13 heavy (non-hydrogen) atoms. The van der Waals surface area contributed by atoms with Gasteiger partial charge in [0.05, 0.1) is 12.5 Å². The van der Waals surface area contributed by atoms with Crippen LogP contribution in [-0.4, -0.2) is 5.11 Å². The third-order valence-electron chi connectivity index (χ3n) is 1.96. The molecular weight excluding hydrogens is 164 g/mol. The average Bonchev–Trinajstić information content (AvgIpc) is 2.10. The summed E-state index contributed by atoms with van der Waals surface area (Å²) in [6.45, 7) is 1.80. The highest BCUT2D eigenvalue weighted by Crippen LogP contribution is 2.21.